The highest BCUT2D eigenvalue weighted by Gasteiger charge is 2.08. The summed E-state index contributed by atoms with van der Waals surface area (Å²) >= 11 is 1.63. The summed E-state index contributed by atoms with van der Waals surface area (Å²) in [7, 11) is 0. The molecule has 0 saturated carbocycles. The zero-order chi connectivity index (χ0) is 12.4. The molecule has 0 amide bonds. The van der Waals surface area contributed by atoms with Crippen molar-refractivity contribution in [3.05, 3.63) is 60.8 Å². The molecule has 88 valence electrons. The van der Waals surface area contributed by atoms with Gasteiger partial charge in [-0.2, -0.15) is 0 Å². The summed E-state index contributed by atoms with van der Waals surface area (Å²) in [6, 6.07) is 17.3. The molecule has 0 saturated heterocycles. The number of phenols is 1. The van der Waals surface area contributed by atoms with Crippen LogP contribution in [-0.2, 0) is 0 Å². The molecule has 1 N–H and O–H groups in total. The third kappa shape index (κ3) is 2.00. The fourth-order valence-corrected chi connectivity index (χ4v) is 2.83. The van der Waals surface area contributed by atoms with E-state index in [0.29, 0.717) is 5.75 Å². The van der Waals surface area contributed by atoms with Gasteiger partial charge < -0.3 is 5.11 Å². The molecule has 0 fully saturated rings. The normalized spacial score (nSPS) is 10.4. The van der Waals surface area contributed by atoms with Crippen LogP contribution in [0.3, 0.4) is 0 Å². The molecule has 0 aliphatic carbocycles. The van der Waals surface area contributed by atoms with Crippen LogP contribution in [-0.4, -0.2) is 10.1 Å². The highest BCUT2D eigenvalue weighted by atomic mass is 32.1. The third-order valence-corrected chi connectivity index (χ3v) is 3.83. The predicted molar refractivity (Wildman–Crippen MR) is 74.7 cm³/mol. The van der Waals surface area contributed by atoms with Gasteiger partial charge in [0.15, 0.2) is 0 Å². The van der Waals surface area contributed by atoms with Gasteiger partial charge in [-0.25, -0.2) is 0 Å². The number of benzene rings is 1. The lowest BCUT2D eigenvalue weighted by atomic mass is 10.1. The van der Waals surface area contributed by atoms with Crippen molar-refractivity contribution in [3.8, 4) is 26.8 Å². The number of nitrogens with zero attached hydrogens (tertiary/aromatic N) is 1. The van der Waals surface area contributed by atoms with Crippen molar-refractivity contribution in [1.82, 2.24) is 4.98 Å². The number of phenolic OH excluding ortho intramolecular Hbond substituents is 1. The number of aromatic hydroxyl groups is 1. The molecule has 0 aliphatic rings. The van der Waals surface area contributed by atoms with Gasteiger partial charge >= 0.3 is 0 Å². The average Bonchev–Trinajstić information content (AvgIpc) is 2.90. The number of hydrogen-bond acceptors (Lipinski definition) is 3. The van der Waals surface area contributed by atoms with Gasteiger partial charge in [0.05, 0.1) is 10.6 Å². The molecule has 0 spiro atoms. The number of rotatable bonds is 2. The van der Waals surface area contributed by atoms with Gasteiger partial charge in [0.25, 0.3) is 0 Å². The molecule has 18 heavy (non-hydrogen) atoms. The highest BCUT2D eigenvalue weighted by molar-refractivity contribution is 7.18. The molecule has 3 aromatic rings. The monoisotopic (exact) mass is 253 g/mol. The summed E-state index contributed by atoms with van der Waals surface area (Å²) in [5, 5.41) is 9.83. The Hall–Kier alpha value is -2.13. The Morgan fingerprint density at radius 1 is 0.833 bits per heavy atom. The van der Waals surface area contributed by atoms with Crippen molar-refractivity contribution in [2.75, 3.05) is 0 Å². The Morgan fingerprint density at radius 3 is 2.39 bits per heavy atom. The first-order valence-electron chi connectivity index (χ1n) is 5.64. The zero-order valence-corrected chi connectivity index (χ0v) is 10.4. The third-order valence-electron chi connectivity index (χ3n) is 2.69. The minimum atomic E-state index is 0.312. The van der Waals surface area contributed by atoms with Crippen molar-refractivity contribution < 1.29 is 5.11 Å². The van der Waals surface area contributed by atoms with E-state index < -0.39 is 0 Å². The lowest BCUT2D eigenvalue weighted by Crippen LogP contribution is -1.75. The predicted octanol–water partition coefficient (Wildman–Crippen LogP) is 4.18. The lowest BCUT2D eigenvalue weighted by Gasteiger charge is -2.00. The van der Waals surface area contributed by atoms with Crippen LogP contribution in [0, 0.1) is 0 Å². The van der Waals surface area contributed by atoms with Crippen molar-refractivity contribution in [2.45, 2.75) is 0 Å². The van der Waals surface area contributed by atoms with Gasteiger partial charge in [0, 0.05) is 16.6 Å². The number of thiophene rings is 1. The largest absolute Gasteiger partial charge is 0.507 e. The molecule has 0 radical (unpaired) electrons. The van der Waals surface area contributed by atoms with Crippen LogP contribution in [0.15, 0.2) is 60.8 Å². The van der Waals surface area contributed by atoms with Gasteiger partial charge in [0.1, 0.15) is 5.75 Å². The first kappa shape index (κ1) is 11.0. The van der Waals surface area contributed by atoms with Gasteiger partial charge in [-0.15, -0.1) is 11.3 Å². The summed E-state index contributed by atoms with van der Waals surface area (Å²) in [5.41, 5.74) is 1.83. The van der Waals surface area contributed by atoms with Crippen LogP contribution in [0.1, 0.15) is 0 Å². The lowest BCUT2D eigenvalue weighted by molar-refractivity contribution is 0.477. The standard InChI is InChI=1S/C15H11NOS/c17-13-7-2-1-5-11(13)14-8-9-15(18-14)12-6-3-4-10-16-12/h1-10,17H. The van der Waals surface area contributed by atoms with Crippen molar-refractivity contribution in [3.63, 3.8) is 0 Å². The van der Waals surface area contributed by atoms with Gasteiger partial charge in [-0.05, 0) is 36.4 Å². The fourth-order valence-electron chi connectivity index (χ4n) is 1.81. The molecule has 2 aromatic heterocycles. The second-order valence-electron chi connectivity index (χ2n) is 3.90. The molecule has 0 aliphatic heterocycles. The smallest absolute Gasteiger partial charge is 0.124 e. The molecule has 0 bridgehead atoms. The van der Waals surface area contributed by atoms with Crippen molar-refractivity contribution in [2.24, 2.45) is 0 Å². The summed E-state index contributed by atoms with van der Waals surface area (Å²) in [4.78, 5) is 6.48. The van der Waals surface area contributed by atoms with E-state index in [4.69, 9.17) is 0 Å². The number of aromatic nitrogens is 1. The Kier molecular flexibility index (Phi) is 2.82. The summed E-state index contributed by atoms with van der Waals surface area (Å²) in [5.74, 6) is 0.312. The Balaban J connectivity index is 2.03. The summed E-state index contributed by atoms with van der Waals surface area (Å²) in [6.45, 7) is 0. The van der Waals surface area contributed by atoms with E-state index in [9.17, 15) is 5.11 Å². The Labute approximate surface area is 109 Å². The Bertz CT molecular complexity index is 661. The summed E-state index contributed by atoms with van der Waals surface area (Å²) < 4.78 is 0. The Morgan fingerprint density at radius 2 is 1.61 bits per heavy atom. The maximum Gasteiger partial charge on any atom is 0.124 e. The van der Waals surface area contributed by atoms with E-state index in [2.05, 4.69) is 4.98 Å². The maximum atomic E-state index is 9.83. The van der Waals surface area contributed by atoms with E-state index in [0.717, 1.165) is 21.0 Å². The number of hydrogen-bond donors (Lipinski definition) is 1. The fraction of sp³-hybridized carbons (Fsp3) is 0. The topological polar surface area (TPSA) is 33.1 Å². The first-order chi connectivity index (χ1) is 8.84. The zero-order valence-electron chi connectivity index (χ0n) is 9.58. The molecule has 2 heterocycles. The van der Waals surface area contributed by atoms with Crippen LogP contribution >= 0.6 is 11.3 Å². The van der Waals surface area contributed by atoms with Gasteiger partial charge in [-0.3, -0.25) is 4.98 Å². The van der Waals surface area contributed by atoms with E-state index in [1.165, 1.54) is 0 Å². The molecule has 0 unspecified atom stereocenters. The first-order valence-corrected chi connectivity index (χ1v) is 6.46. The van der Waals surface area contributed by atoms with Crippen LogP contribution < -0.4 is 0 Å². The van der Waals surface area contributed by atoms with Crippen molar-refractivity contribution in [1.29, 1.82) is 0 Å². The van der Waals surface area contributed by atoms with Crippen LogP contribution in [0.25, 0.3) is 21.0 Å². The maximum absolute atomic E-state index is 9.83. The molecular weight excluding hydrogens is 242 g/mol. The van der Waals surface area contributed by atoms with E-state index >= 15 is 0 Å². The van der Waals surface area contributed by atoms with E-state index in [-0.39, 0.29) is 0 Å². The molecule has 1 aromatic carbocycles. The van der Waals surface area contributed by atoms with Crippen molar-refractivity contribution >= 4 is 11.3 Å². The van der Waals surface area contributed by atoms with Gasteiger partial charge in [-0.1, -0.05) is 18.2 Å². The molecular formula is C15H11NOS. The second kappa shape index (κ2) is 4.63. The highest BCUT2D eigenvalue weighted by Crippen LogP contribution is 2.37. The second-order valence-corrected chi connectivity index (χ2v) is 4.98. The average molecular weight is 253 g/mol. The summed E-state index contributed by atoms with van der Waals surface area (Å²) in [6.07, 6.45) is 1.79. The number of para-hydroxylation sites is 1. The SMILES string of the molecule is Oc1ccccc1-c1ccc(-c2ccccn2)s1. The molecule has 0 atom stereocenters. The van der Waals surface area contributed by atoms with Gasteiger partial charge in [0.2, 0.25) is 0 Å². The molecule has 2 nitrogen and oxygen atoms in total. The minimum absolute atomic E-state index is 0.312. The quantitative estimate of drug-likeness (QED) is 0.743. The molecule has 3 heteroatoms. The van der Waals surface area contributed by atoms with E-state index in [1.807, 2.05) is 48.5 Å². The minimum Gasteiger partial charge on any atom is -0.507 e. The van der Waals surface area contributed by atoms with Crippen LogP contribution in [0.4, 0.5) is 0 Å². The van der Waals surface area contributed by atoms with Crippen LogP contribution in [0.2, 0.25) is 0 Å². The van der Waals surface area contributed by atoms with Crippen LogP contribution in [0.5, 0.6) is 5.75 Å². The molecule has 3 rings (SSSR count). The number of pyridine rings is 1. The van der Waals surface area contributed by atoms with E-state index in [1.54, 1.807) is 23.6 Å².